The molecule has 3 rings (SSSR count). The van der Waals surface area contributed by atoms with Gasteiger partial charge < -0.3 is 10.2 Å². The van der Waals surface area contributed by atoms with Crippen molar-refractivity contribution in [2.75, 3.05) is 17.3 Å². The Balaban J connectivity index is 2.23. The molecule has 0 unspecified atom stereocenters. The number of nitrogens with zero attached hydrogens (tertiary/aromatic N) is 2. The van der Waals surface area contributed by atoms with Crippen molar-refractivity contribution in [3.05, 3.63) is 34.7 Å². The van der Waals surface area contributed by atoms with Crippen molar-refractivity contribution in [1.29, 1.82) is 0 Å². The molecular formula is C11H9N3OS. The summed E-state index contributed by atoms with van der Waals surface area (Å²) in [6.45, 7) is 0. The standard InChI is InChI=1S/C11H9N3OS/c1-14-9-3-2-4-12-10(9)13-8-6-16-5-7(8)11(14)15/h2-6H,1H3,(H,12,13). The van der Waals surface area contributed by atoms with E-state index in [-0.39, 0.29) is 5.91 Å². The molecular weight excluding hydrogens is 222 g/mol. The summed E-state index contributed by atoms with van der Waals surface area (Å²) in [6.07, 6.45) is 1.71. The summed E-state index contributed by atoms with van der Waals surface area (Å²) in [5, 5.41) is 6.96. The Morgan fingerprint density at radius 1 is 1.44 bits per heavy atom. The van der Waals surface area contributed by atoms with Gasteiger partial charge in [0.2, 0.25) is 0 Å². The number of carbonyl (C=O) groups is 1. The average Bonchev–Trinajstić information content (AvgIpc) is 2.72. The van der Waals surface area contributed by atoms with Crippen LogP contribution >= 0.6 is 11.3 Å². The lowest BCUT2D eigenvalue weighted by atomic mass is 10.2. The second-order valence-corrected chi connectivity index (χ2v) is 4.30. The first kappa shape index (κ1) is 9.35. The number of aromatic nitrogens is 1. The minimum atomic E-state index is -0.00417. The summed E-state index contributed by atoms with van der Waals surface area (Å²) in [5.74, 6) is 0.714. The topological polar surface area (TPSA) is 45.2 Å². The molecule has 80 valence electrons. The maximum atomic E-state index is 12.1. The minimum absolute atomic E-state index is 0.00417. The molecule has 0 radical (unpaired) electrons. The van der Waals surface area contributed by atoms with Crippen molar-refractivity contribution in [2.45, 2.75) is 0 Å². The van der Waals surface area contributed by atoms with Gasteiger partial charge in [0.15, 0.2) is 5.82 Å². The largest absolute Gasteiger partial charge is 0.337 e. The van der Waals surface area contributed by atoms with Crippen LogP contribution in [0.15, 0.2) is 29.1 Å². The maximum Gasteiger partial charge on any atom is 0.261 e. The van der Waals surface area contributed by atoms with Crippen LogP contribution in [0.5, 0.6) is 0 Å². The summed E-state index contributed by atoms with van der Waals surface area (Å²) in [4.78, 5) is 18.0. The van der Waals surface area contributed by atoms with E-state index in [1.165, 1.54) is 11.3 Å². The summed E-state index contributed by atoms with van der Waals surface area (Å²) in [5.41, 5.74) is 2.33. The van der Waals surface area contributed by atoms with E-state index >= 15 is 0 Å². The van der Waals surface area contributed by atoms with E-state index in [2.05, 4.69) is 10.3 Å². The normalized spacial score (nSPS) is 13.8. The molecule has 1 N–H and O–H groups in total. The van der Waals surface area contributed by atoms with Crippen LogP contribution in [0.2, 0.25) is 0 Å². The van der Waals surface area contributed by atoms with Gasteiger partial charge in [-0.15, -0.1) is 11.3 Å². The minimum Gasteiger partial charge on any atom is -0.337 e. The molecule has 16 heavy (non-hydrogen) atoms. The molecule has 2 aromatic heterocycles. The Morgan fingerprint density at radius 3 is 3.19 bits per heavy atom. The highest BCUT2D eigenvalue weighted by molar-refractivity contribution is 7.08. The fraction of sp³-hybridized carbons (Fsp3) is 0.0909. The van der Waals surface area contributed by atoms with Crippen molar-refractivity contribution in [1.82, 2.24) is 4.98 Å². The van der Waals surface area contributed by atoms with Gasteiger partial charge in [-0.25, -0.2) is 4.98 Å². The van der Waals surface area contributed by atoms with Crippen LogP contribution in [0.25, 0.3) is 0 Å². The van der Waals surface area contributed by atoms with Gasteiger partial charge in [0.1, 0.15) is 0 Å². The SMILES string of the molecule is CN1C(=O)c2cscc2Nc2ncccc21. The van der Waals surface area contributed by atoms with Crippen molar-refractivity contribution in [2.24, 2.45) is 0 Å². The number of rotatable bonds is 0. The van der Waals surface area contributed by atoms with Gasteiger partial charge >= 0.3 is 0 Å². The number of nitrogens with one attached hydrogen (secondary N) is 1. The third kappa shape index (κ3) is 1.22. The lowest BCUT2D eigenvalue weighted by Crippen LogP contribution is -2.25. The van der Waals surface area contributed by atoms with Crippen LogP contribution < -0.4 is 10.2 Å². The first-order valence-electron chi connectivity index (χ1n) is 4.83. The molecule has 4 nitrogen and oxygen atoms in total. The van der Waals surface area contributed by atoms with Gasteiger partial charge in [0.05, 0.1) is 16.9 Å². The molecule has 5 heteroatoms. The van der Waals surface area contributed by atoms with E-state index in [1.807, 2.05) is 22.9 Å². The zero-order valence-corrected chi connectivity index (χ0v) is 9.41. The zero-order chi connectivity index (χ0) is 11.1. The van der Waals surface area contributed by atoms with Gasteiger partial charge in [-0.1, -0.05) is 0 Å². The smallest absolute Gasteiger partial charge is 0.261 e. The first-order chi connectivity index (χ1) is 7.77. The highest BCUT2D eigenvalue weighted by Gasteiger charge is 2.24. The predicted molar refractivity (Wildman–Crippen MR) is 64.6 cm³/mol. The number of fused-ring (bicyclic) bond motifs is 2. The van der Waals surface area contributed by atoms with Gasteiger partial charge in [0, 0.05) is 24.0 Å². The summed E-state index contributed by atoms with van der Waals surface area (Å²) in [6, 6.07) is 3.70. The average molecular weight is 231 g/mol. The molecule has 0 saturated carbocycles. The molecule has 0 fully saturated rings. The highest BCUT2D eigenvalue weighted by Crippen LogP contribution is 2.34. The fourth-order valence-corrected chi connectivity index (χ4v) is 2.49. The van der Waals surface area contributed by atoms with Gasteiger partial charge in [-0.05, 0) is 12.1 Å². The zero-order valence-electron chi connectivity index (χ0n) is 8.60. The summed E-state index contributed by atoms with van der Waals surface area (Å²) in [7, 11) is 1.76. The van der Waals surface area contributed by atoms with E-state index in [0.717, 1.165) is 17.2 Å². The molecule has 0 spiro atoms. The number of carbonyl (C=O) groups excluding carboxylic acids is 1. The Kier molecular flexibility index (Phi) is 1.94. The van der Waals surface area contributed by atoms with E-state index in [9.17, 15) is 4.79 Å². The van der Waals surface area contributed by atoms with Crippen LogP contribution in [0.3, 0.4) is 0 Å². The molecule has 0 aromatic carbocycles. The monoisotopic (exact) mass is 231 g/mol. The Labute approximate surface area is 96.5 Å². The van der Waals surface area contributed by atoms with Crippen molar-refractivity contribution < 1.29 is 4.79 Å². The Hall–Kier alpha value is -1.88. The quantitative estimate of drug-likeness (QED) is 0.757. The number of hydrogen-bond acceptors (Lipinski definition) is 4. The molecule has 1 aliphatic heterocycles. The van der Waals surface area contributed by atoms with E-state index < -0.39 is 0 Å². The molecule has 3 heterocycles. The van der Waals surface area contributed by atoms with Gasteiger partial charge in [-0.2, -0.15) is 0 Å². The van der Waals surface area contributed by atoms with Gasteiger partial charge in [-0.3, -0.25) is 4.79 Å². The van der Waals surface area contributed by atoms with Crippen molar-refractivity contribution in [3.8, 4) is 0 Å². The number of anilines is 3. The number of pyridine rings is 1. The van der Waals surface area contributed by atoms with Crippen LogP contribution in [0.1, 0.15) is 10.4 Å². The number of amides is 1. The molecule has 0 atom stereocenters. The predicted octanol–water partition coefficient (Wildman–Crippen LogP) is 2.48. The van der Waals surface area contributed by atoms with Crippen molar-refractivity contribution >= 4 is 34.4 Å². The fourth-order valence-electron chi connectivity index (χ4n) is 1.74. The van der Waals surface area contributed by atoms with E-state index in [4.69, 9.17) is 0 Å². The third-order valence-corrected chi connectivity index (χ3v) is 3.34. The first-order valence-corrected chi connectivity index (χ1v) is 5.78. The lowest BCUT2D eigenvalue weighted by molar-refractivity contribution is 0.0995. The highest BCUT2D eigenvalue weighted by atomic mass is 32.1. The van der Waals surface area contributed by atoms with Gasteiger partial charge in [0.25, 0.3) is 5.91 Å². The lowest BCUT2D eigenvalue weighted by Gasteiger charge is -2.15. The van der Waals surface area contributed by atoms with E-state index in [1.54, 1.807) is 18.1 Å². The molecule has 1 amide bonds. The molecule has 2 aromatic rings. The van der Waals surface area contributed by atoms with Crippen molar-refractivity contribution in [3.63, 3.8) is 0 Å². The number of thiophene rings is 1. The second kappa shape index (κ2) is 3.31. The second-order valence-electron chi connectivity index (χ2n) is 3.56. The summed E-state index contributed by atoms with van der Waals surface area (Å²) >= 11 is 1.51. The van der Waals surface area contributed by atoms with Crippen LogP contribution in [-0.4, -0.2) is 17.9 Å². The molecule has 0 bridgehead atoms. The van der Waals surface area contributed by atoms with Crippen LogP contribution in [-0.2, 0) is 0 Å². The van der Waals surface area contributed by atoms with Crippen LogP contribution in [0.4, 0.5) is 17.2 Å². The molecule has 0 aliphatic carbocycles. The molecule has 1 aliphatic rings. The third-order valence-electron chi connectivity index (χ3n) is 2.60. The summed E-state index contributed by atoms with van der Waals surface area (Å²) < 4.78 is 0. The molecule has 0 saturated heterocycles. The Bertz CT molecular complexity index is 564. The maximum absolute atomic E-state index is 12.1. The van der Waals surface area contributed by atoms with E-state index in [0.29, 0.717) is 5.56 Å². The van der Waals surface area contributed by atoms with Crippen LogP contribution in [0, 0.1) is 0 Å². The Morgan fingerprint density at radius 2 is 2.31 bits per heavy atom. The number of hydrogen-bond donors (Lipinski definition) is 1.